The van der Waals surface area contributed by atoms with Gasteiger partial charge in [0.05, 0.1) is 11.9 Å². The van der Waals surface area contributed by atoms with E-state index in [4.69, 9.17) is 0 Å². The van der Waals surface area contributed by atoms with Gasteiger partial charge in [-0.2, -0.15) is 10.1 Å². The maximum atomic E-state index is 4.35. The average Bonchev–Trinajstić information content (AvgIpc) is 2.94. The van der Waals surface area contributed by atoms with E-state index in [-0.39, 0.29) is 0 Å². The number of nitrogens with zero attached hydrogens (tertiary/aromatic N) is 5. The van der Waals surface area contributed by atoms with Gasteiger partial charge in [0.15, 0.2) is 5.65 Å². The van der Waals surface area contributed by atoms with Gasteiger partial charge in [-0.15, -0.1) is 5.10 Å². The van der Waals surface area contributed by atoms with Crippen LogP contribution >= 0.6 is 0 Å². The molecule has 0 spiro atoms. The van der Waals surface area contributed by atoms with Crippen LogP contribution in [0.2, 0.25) is 0 Å². The topological polar surface area (TPSA) is 60.0 Å². The van der Waals surface area contributed by atoms with Crippen LogP contribution < -0.4 is 5.32 Å². The lowest BCUT2D eigenvalue weighted by atomic mass is 10.5. The van der Waals surface area contributed by atoms with E-state index in [0.29, 0.717) is 5.95 Å². The summed E-state index contributed by atoms with van der Waals surface area (Å²) in [5, 5.41) is 11.6. The molecule has 0 bridgehead atoms. The first kappa shape index (κ1) is 9.83. The van der Waals surface area contributed by atoms with Crippen LogP contribution in [0.1, 0.15) is 6.92 Å². The van der Waals surface area contributed by atoms with Gasteiger partial charge < -0.3 is 5.32 Å². The summed E-state index contributed by atoms with van der Waals surface area (Å²) in [5.41, 5.74) is 1.71. The van der Waals surface area contributed by atoms with Crippen LogP contribution in [0.5, 0.6) is 0 Å². The first-order valence-electron chi connectivity index (χ1n) is 5.46. The molecular weight excluding hydrogens is 216 g/mol. The van der Waals surface area contributed by atoms with E-state index in [1.807, 2.05) is 42.2 Å². The van der Waals surface area contributed by atoms with E-state index in [1.54, 1.807) is 10.7 Å². The Morgan fingerprint density at radius 1 is 1.35 bits per heavy atom. The molecule has 0 aliphatic rings. The number of aryl methyl sites for hydroxylation is 1. The van der Waals surface area contributed by atoms with Crippen molar-refractivity contribution in [3.8, 4) is 0 Å². The Bertz CT molecular complexity index is 605. The molecule has 0 saturated heterocycles. The molecule has 17 heavy (non-hydrogen) atoms. The maximum absolute atomic E-state index is 4.35. The number of hydrogen-bond donors (Lipinski definition) is 1. The summed E-state index contributed by atoms with van der Waals surface area (Å²) in [6.45, 7) is 2.89. The van der Waals surface area contributed by atoms with Crippen LogP contribution in [-0.4, -0.2) is 24.4 Å². The standard InChI is InChI=1S/C11H12N6/c1-2-16-8-9(7-12-16)13-11-14-10-5-3-4-6-17(10)15-11/h3-8H,2H2,1H3,(H,13,15). The summed E-state index contributed by atoms with van der Waals surface area (Å²) >= 11 is 0. The lowest BCUT2D eigenvalue weighted by molar-refractivity contribution is 0.660. The number of anilines is 2. The zero-order valence-corrected chi connectivity index (χ0v) is 9.41. The number of aromatic nitrogens is 5. The van der Waals surface area contributed by atoms with Crippen molar-refractivity contribution in [2.45, 2.75) is 13.5 Å². The SMILES string of the molecule is CCn1cc(Nc2nc3ccccn3n2)cn1. The first-order valence-corrected chi connectivity index (χ1v) is 5.46. The fourth-order valence-electron chi connectivity index (χ4n) is 1.61. The molecule has 6 nitrogen and oxygen atoms in total. The molecule has 0 unspecified atom stereocenters. The molecular formula is C11H12N6. The monoisotopic (exact) mass is 228 g/mol. The number of hydrogen-bond acceptors (Lipinski definition) is 4. The first-order chi connectivity index (χ1) is 8.35. The summed E-state index contributed by atoms with van der Waals surface area (Å²) in [4.78, 5) is 4.35. The van der Waals surface area contributed by atoms with Gasteiger partial charge in [0.2, 0.25) is 5.95 Å². The molecule has 6 heteroatoms. The lowest BCUT2D eigenvalue weighted by Gasteiger charge is -1.94. The molecule has 0 saturated carbocycles. The molecule has 0 radical (unpaired) electrons. The minimum Gasteiger partial charge on any atom is -0.320 e. The average molecular weight is 228 g/mol. The molecule has 1 N–H and O–H groups in total. The fourth-order valence-corrected chi connectivity index (χ4v) is 1.61. The molecule has 0 aliphatic heterocycles. The van der Waals surface area contributed by atoms with E-state index in [1.165, 1.54) is 0 Å². The lowest BCUT2D eigenvalue weighted by Crippen LogP contribution is -1.93. The van der Waals surface area contributed by atoms with Gasteiger partial charge in [-0.05, 0) is 19.1 Å². The molecule has 3 rings (SSSR count). The summed E-state index contributed by atoms with van der Waals surface area (Å²) in [7, 11) is 0. The number of nitrogens with one attached hydrogen (secondary N) is 1. The largest absolute Gasteiger partial charge is 0.320 e. The van der Waals surface area contributed by atoms with Crippen molar-refractivity contribution in [2.24, 2.45) is 0 Å². The Kier molecular flexibility index (Phi) is 2.25. The molecule has 3 aromatic rings. The molecule has 0 fully saturated rings. The molecule has 0 aromatic carbocycles. The van der Waals surface area contributed by atoms with Crippen LogP contribution in [0.15, 0.2) is 36.8 Å². The van der Waals surface area contributed by atoms with Gasteiger partial charge in [-0.1, -0.05) is 6.07 Å². The zero-order chi connectivity index (χ0) is 11.7. The summed E-state index contributed by atoms with van der Waals surface area (Å²) in [5.74, 6) is 0.576. The second kappa shape index (κ2) is 3.89. The Labute approximate surface area is 97.9 Å². The van der Waals surface area contributed by atoms with Crippen LogP contribution in [0.3, 0.4) is 0 Å². The quantitative estimate of drug-likeness (QED) is 0.741. The molecule has 0 amide bonds. The molecule has 3 heterocycles. The highest BCUT2D eigenvalue weighted by molar-refractivity contribution is 5.53. The zero-order valence-electron chi connectivity index (χ0n) is 9.41. The van der Waals surface area contributed by atoms with E-state index >= 15 is 0 Å². The summed E-state index contributed by atoms with van der Waals surface area (Å²) in [6, 6.07) is 5.76. The minimum absolute atomic E-state index is 0.576. The number of pyridine rings is 1. The van der Waals surface area contributed by atoms with E-state index in [9.17, 15) is 0 Å². The van der Waals surface area contributed by atoms with E-state index in [2.05, 4.69) is 20.5 Å². The molecule has 0 aliphatic carbocycles. The highest BCUT2D eigenvalue weighted by Crippen LogP contribution is 2.12. The second-order valence-electron chi connectivity index (χ2n) is 3.65. The van der Waals surface area contributed by atoms with Gasteiger partial charge in [-0.25, -0.2) is 4.52 Å². The second-order valence-corrected chi connectivity index (χ2v) is 3.65. The molecule has 0 atom stereocenters. The van der Waals surface area contributed by atoms with Crippen molar-refractivity contribution >= 4 is 17.3 Å². The number of rotatable bonds is 3. The third-order valence-corrected chi connectivity index (χ3v) is 2.45. The van der Waals surface area contributed by atoms with Crippen molar-refractivity contribution in [1.82, 2.24) is 24.4 Å². The fraction of sp³-hybridized carbons (Fsp3) is 0.182. The highest BCUT2D eigenvalue weighted by atomic mass is 15.4. The van der Waals surface area contributed by atoms with Crippen molar-refractivity contribution in [3.05, 3.63) is 36.8 Å². The van der Waals surface area contributed by atoms with Gasteiger partial charge in [0.25, 0.3) is 0 Å². The molecule has 3 aromatic heterocycles. The Morgan fingerprint density at radius 3 is 3.06 bits per heavy atom. The molecule has 86 valence electrons. The number of fused-ring (bicyclic) bond motifs is 1. The predicted octanol–water partition coefficient (Wildman–Crippen LogP) is 1.69. The third-order valence-electron chi connectivity index (χ3n) is 2.45. The Morgan fingerprint density at radius 2 is 2.29 bits per heavy atom. The van der Waals surface area contributed by atoms with E-state index < -0.39 is 0 Å². The normalized spacial score (nSPS) is 10.9. The van der Waals surface area contributed by atoms with Crippen LogP contribution in [0.4, 0.5) is 11.6 Å². The van der Waals surface area contributed by atoms with Gasteiger partial charge in [0, 0.05) is 18.9 Å². The minimum atomic E-state index is 0.576. The van der Waals surface area contributed by atoms with Crippen molar-refractivity contribution in [1.29, 1.82) is 0 Å². The van der Waals surface area contributed by atoms with E-state index in [0.717, 1.165) is 17.9 Å². The highest BCUT2D eigenvalue weighted by Gasteiger charge is 2.04. The Hall–Kier alpha value is -2.37. The summed E-state index contributed by atoms with van der Waals surface area (Å²) < 4.78 is 3.57. The van der Waals surface area contributed by atoms with Gasteiger partial charge in [-0.3, -0.25) is 4.68 Å². The van der Waals surface area contributed by atoms with Crippen LogP contribution in [-0.2, 0) is 6.54 Å². The van der Waals surface area contributed by atoms with Crippen molar-refractivity contribution in [2.75, 3.05) is 5.32 Å². The Balaban J connectivity index is 1.89. The predicted molar refractivity (Wildman–Crippen MR) is 64.2 cm³/mol. The third kappa shape index (κ3) is 1.84. The van der Waals surface area contributed by atoms with Crippen molar-refractivity contribution in [3.63, 3.8) is 0 Å². The van der Waals surface area contributed by atoms with Gasteiger partial charge in [0.1, 0.15) is 0 Å². The van der Waals surface area contributed by atoms with Gasteiger partial charge >= 0.3 is 0 Å². The van der Waals surface area contributed by atoms with Crippen LogP contribution in [0, 0.1) is 0 Å². The van der Waals surface area contributed by atoms with Crippen molar-refractivity contribution < 1.29 is 0 Å². The smallest absolute Gasteiger partial charge is 0.247 e. The summed E-state index contributed by atoms with van der Waals surface area (Å²) in [6.07, 6.45) is 5.55. The maximum Gasteiger partial charge on any atom is 0.247 e. The van der Waals surface area contributed by atoms with Crippen LogP contribution in [0.25, 0.3) is 5.65 Å².